The lowest BCUT2D eigenvalue weighted by Crippen LogP contribution is -2.56. The molecule has 2 N–H and O–H groups in total. The minimum Gasteiger partial charge on any atom is -0.348 e. The van der Waals surface area contributed by atoms with Crippen molar-refractivity contribution in [2.45, 2.75) is 26.4 Å². The van der Waals surface area contributed by atoms with E-state index in [9.17, 15) is 10.1 Å². The molecule has 2 rings (SSSR count). The number of nitrogens with zero attached hydrogens (tertiary/aromatic N) is 4. The van der Waals surface area contributed by atoms with Crippen LogP contribution in [0.25, 0.3) is 0 Å². The van der Waals surface area contributed by atoms with Gasteiger partial charge in [0.15, 0.2) is 0 Å². The van der Waals surface area contributed by atoms with Crippen LogP contribution in [-0.2, 0) is 6.54 Å². The number of anilines is 1. The second-order valence-electron chi connectivity index (χ2n) is 4.00. The summed E-state index contributed by atoms with van der Waals surface area (Å²) in [6.07, 6.45) is 0. The van der Waals surface area contributed by atoms with E-state index in [1.165, 1.54) is 0 Å². The first kappa shape index (κ1) is 10.9. The molecular formula is C9H15N5O2. The molecule has 0 atom stereocenters. The fourth-order valence-corrected chi connectivity index (χ4v) is 1.99. The number of nitrogens with two attached hydrogens (primary N) is 1. The summed E-state index contributed by atoms with van der Waals surface area (Å²) in [5.41, 5.74) is 6.26. The summed E-state index contributed by atoms with van der Waals surface area (Å²) in [6, 6.07) is 0.111. The molecule has 0 amide bonds. The molecule has 7 heteroatoms. The minimum absolute atomic E-state index is 0.105. The topological polar surface area (TPSA) is 90.2 Å². The van der Waals surface area contributed by atoms with E-state index in [1.807, 2.05) is 11.8 Å². The molecule has 1 aromatic heterocycles. The molecule has 1 aliphatic rings. The molecule has 7 nitrogen and oxygen atoms in total. The zero-order valence-electron chi connectivity index (χ0n) is 9.38. The van der Waals surface area contributed by atoms with Gasteiger partial charge in [0.1, 0.15) is 5.69 Å². The van der Waals surface area contributed by atoms with Gasteiger partial charge in [0.2, 0.25) is 5.82 Å². The molecule has 1 aromatic rings. The Morgan fingerprint density at radius 3 is 2.69 bits per heavy atom. The Balaban J connectivity index is 2.43. The molecule has 0 unspecified atom stereocenters. The van der Waals surface area contributed by atoms with Crippen LogP contribution in [0.5, 0.6) is 0 Å². The van der Waals surface area contributed by atoms with Crippen molar-refractivity contribution in [2.75, 3.05) is 18.0 Å². The Labute approximate surface area is 93.0 Å². The molecule has 2 heterocycles. The second kappa shape index (κ2) is 3.75. The maximum atomic E-state index is 11.0. The van der Waals surface area contributed by atoms with Gasteiger partial charge in [-0.05, 0) is 13.8 Å². The van der Waals surface area contributed by atoms with Crippen LogP contribution in [0.1, 0.15) is 12.6 Å². The monoisotopic (exact) mass is 225 g/mol. The number of hydrogen-bond donors (Lipinski definition) is 1. The summed E-state index contributed by atoms with van der Waals surface area (Å²) >= 11 is 0. The summed E-state index contributed by atoms with van der Waals surface area (Å²) < 4.78 is 1.67. The Bertz CT molecular complexity index is 422. The van der Waals surface area contributed by atoms with Crippen molar-refractivity contribution in [3.05, 3.63) is 15.8 Å². The molecule has 0 spiro atoms. The van der Waals surface area contributed by atoms with Gasteiger partial charge in [-0.3, -0.25) is 10.1 Å². The van der Waals surface area contributed by atoms with E-state index >= 15 is 0 Å². The van der Waals surface area contributed by atoms with E-state index in [2.05, 4.69) is 5.10 Å². The number of rotatable bonds is 3. The third-order valence-corrected chi connectivity index (χ3v) is 2.76. The lowest BCUT2D eigenvalue weighted by Gasteiger charge is -2.37. The minimum atomic E-state index is -0.367. The molecule has 16 heavy (non-hydrogen) atoms. The Morgan fingerprint density at radius 1 is 1.62 bits per heavy atom. The van der Waals surface area contributed by atoms with Crippen molar-refractivity contribution in [3.63, 3.8) is 0 Å². The van der Waals surface area contributed by atoms with Crippen molar-refractivity contribution in [3.8, 4) is 0 Å². The third kappa shape index (κ3) is 1.53. The first-order valence-electron chi connectivity index (χ1n) is 5.27. The molecule has 0 aromatic carbocycles. The quantitative estimate of drug-likeness (QED) is 0.589. The van der Waals surface area contributed by atoms with Crippen molar-refractivity contribution in [1.29, 1.82) is 0 Å². The average molecular weight is 225 g/mol. The number of hydrogen-bond acceptors (Lipinski definition) is 5. The largest absolute Gasteiger partial charge is 0.348 e. The molecular weight excluding hydrogens is 210 g/mol. The van der Waals surface area contributed by atoms with E-state index in [-0.39, 0.29) is 16.7 Å². The number of aryl methyl sites for hydroxylation is 2. The van der Waals surface area contributed by atoms with Crippen LogP contribution in [-0.4, -0.2) is 33.8 Å². The van der Waals surface area contributed by atoms with E-state index in [4.69, 9.17) is 5.73 Å². The molecule has 0 aliphatic carbocycles. The van der Waals surface area contributed by atoms with Gasteiger partial charge in [0.05, 0.1) is 4.92 Å². The van der Waals surface area contributed by atoms with E-state index in [1.54, 1.807) is 11.6 Å². The molecule has 1 fully saturated rings. The Kier molecular flexibility index (Phi) is 2.55. The van der Waals surface area contributed by atoms with Crippen LogP contribution >= 0.6 is 0 Å². The Hall–Kier alpha value is -1.63. The number of nitro groups is 1. The molecule has 0 bridgehead atoms. The SMILES string of the molecule is CCn1nc(C)c([N+](=O)[O-])c1N1CC(N)C1. The van der Waals surface area contributed by atoms with Gasteiger partial charge in [-0.15, -0.1) is 0 Å². The third-order valence-electron chi connectivity index (χ3n) is 2.76. The van der Waals surface area contributed by atoms with Gasteiger partial charge in [0.25, 0.3) is 0 Å². The van der Waals surface area contributed by atoms with Crippen LogP contribution in [0.4, 0.5) is 11.5 Å². The zero-order valence-corrected chi connectivity index (χ0v) is 9.38. The maximum absolute atomic E-state index is 11.0. The standard InChI is InChI=1S/C9H15N5O2/c1-3-13-9(12-4-7(10)5-12)8(14(15)16)6(2)11-13/h7H,3-5,10H2,1-2H3. The summed E-state index contributed by atoms with van der Waals surface area (Å²) in [7, 11) is 0. The summed E-state index contributed by atoms with van der Waals surface area (Å²) in [5, 5.41) is 15.2. The van der Waals surface area contributed by atoms with Gasteiger partial charge in [0, 0.05) is 25.7 Å². The smallest absolute Gasteiger partial charge is 0.333 e. The van der Waals surface area contributed by atoms with Gasteiger partial charge in [-0.1, -0.05) is 0 Å². The molecule has 88 valence electrons. The lowest BCUT2D eigenvalue weighted by molar-refractivity contribution is -0.384. The summed E-state index contributed by atoms with van der Waals surface area (Å²) in [6.45, 7) is 5.51. The Morgan fingerprint density at radius 2 is 2.25 bits per heavy atom. The molecule has 0 saturated carbocycles. The molecule has 1 aliphatic heterocycles. The highest BCUT2D eigenvalue weighted by Crippen LogP contribution is 2.33. The predicted octanol–water partition coefficient (Wildman–Crippen LogP) is 0.267. The highest BCUT2D eigenvalue weighted by atomic mass is 16.6. The van der Waals surface area contributed by atoms with E-state index in [0.717, 1.165) is 0 Å². The lowest BCUT2D eigenvalue weighted by atomic mass is 10.1. The highest BCUT2D eigenvalue weighted by molar-refractivity contribution is 5.63. The van der Waals surface area contributed by atoms with E-state index < -0.39 is 0 Å². The van der Waals surface area contributed by atoms with Crippen molar-refractivity contribution in [1.82, 2.24) is 9.78 Å². The van der Waals surface area contributed by atoms with Crippen LogP contribution in [0.2, 0.25) is 0 Å². The van der Waals surface area contributed by atoms with Gasteiger partial charge >= 0.3 is 5.69 Å². The second-order valence-corrected chi connectivity index (χ2v) is 4.00. The summed E-state index contributed by atoms with van der Waals surface area (Å²) in [5.74, 6) is 0.590. The van der Waals surface area contributed by atoms with Crippen molar-refractivity contribution < 1.29 is 4.92 Å². The number of aromatic nitrogens is 2. The fourth-order valence-electron chi connectivity index (χ4n) is 1.99. The van der Waals surface area contributed by atoms with Gasteiger partial charge in [-0.2, -0.15) is 5.10 Å². The zero-order chi connectivity index (χ0) is 11.9. The van der Waals surface area contributed by atoms with Crippen LogP contribution < -0.4 is 10.6 Å². The molecule has 1 saturated heterocycles. The first-order valence-corrected chi connectivity index (χ1v) is 5.27. The highest BCUT2D eigenvalue weighted by Gasteiger charge is 2.34. The normalized spacial score (nSPS) is 16.3. The predicted molar refractivity (Wildman–Crippen MR) is 59.5 cm³/mol. The average Bonchev–Trinajstić information content (AvgIpc) is 2.50. The van der Waals surface area contributed by atoms with Gasteiger partial charge < -0.3 is 10.6 Å². The van der Waals surface area contributed by atoms with Crippen molar-refractivity contribution in [2.24, 2.45) is 5.73 Å². The summed E-state index contributed by atoms with van der Waals surface area (Å²) in [4.78, 5) is 12.5. The van der Waals surface area contributed by atoms with Crippen LogP contribution in [0, 0.1) is 17.0 Å². The van der Waals surface area contributed by atoms with Crippen LogP contribution in [0.15, 0.2) is 0 Å². The van der Waals surface area contributed by atoms with E-state index in [0.29, 0.717) is 31.1 Å². The fraction of sp³-hybridized carbons (Fsp3) is 0.667. The van der Waals surface area contributed by atoms with Gasteiger partial charge in [-0.25, -0.2) is 4.68 Å². The molecule has 0 radical (unpaired) electrons. The maximum Gasteiger partial charge on any atom is 0.333 e. The van der Waals surface area contributed by atoms with Crippen LogP contribution in [0.3, 0.4) is 0 Å². The first-order chi connectivity index (χ1) is 7.54. The van der Waals surface area contributed by atoms with Crippen molar-refractivity contribution >= 4 is 11.5 Å².